The Bertz CT molecular complexity index is 1200. The van der Waals surface area contributed by atoms with Crippen LogP contribution >= 0.6 is 11.3 Å². The molecule has 142 valence electrons. The number of hydrogen-bond donors (Lipinski definition) is 1. The third-order valence-electron chi connectivity index (χ3n) is 4.39. The smallest absolute Gasteiger partial charge is 0.267 e. The van der Waals surface area contributed by atoms with E-state index in [9.17, 15) is 13.6 Å². The molecule has 4 rings (SSSR count). The van der Waals surface area contributed by atoms with Crippen molar-refractivity contribution in [1.82, 2.24) is 14.5 Å². The summed E-state index contributed by atoms with van der Waals surface area (Å²) in [6.45, 7) is 4.52. The molecule has 0 aliphatic heterocycles. The Kier molecular flexibility index (Phi) is 4.64. The fourth-order valence-corrected chi connectivity index (χ4v) is 4.01. The van der Waals surface area contributed by atoms with Crippen molar-refractivity contribution in [2.45, 2.75) is 20.4 Å². The molecule has 0 spiro atoms. The molecule has 4 aromatic rings. The van der Waals surface area contributed by atoms with Crippen LogP contribution in [0.5, 0.6) is 0 Å². The number of benzene rings is 1. The van der Waals surface area contributed by atoms with E-state index in [1.807, 2.05) is 29.8 Å². The number of nitrogens with zero attached hydrogens (tertiary/aromatic N) is 3. The minimum absolute atomic E-state index is 0.0764. The summed E-state index contributed by atoms with van der Waals surface area (Å²) in [6, 6.07) is 6.84. The Labute approximate surface area is 163 Å². The SMILES string of the molecule is CCn1cc(-c2nc(C)c(C(=O)Nc3ccc(F)cc3F)s2)c2cccnc21. The number of hydrogen-bond acceptors (Lipinski definition) is 4. The maximum absolute atomic E-state index is 13.8. The molecule has 8 heteroatoms. The van der Waals surface area contributed by atoms with Crippen molar-refractivity contribution >= 4 is 34.0 Å². The first kappa shape index (κ1) is 18.2. The zero-order chi connectivity index (χ0) is 19.8. The number of carbonyl (C=O) groups excluding carboxylic acids is 1. The van der Waals surface area contributed by atoms with Gasteiger partial charge >= 0.3 is 0 Å². The second-order valence-corrected chi connectivity index (χ2v) is 7.21. The number of halogens is 2. The molecule has 0 bridgehead atoms. The molecule has 0 aliphatic rings. The van der Waals surface area contributed by atoms with Gasteiger partial charge in [0.1, 0.15) is 27.2 Å². The van der Waals surface area contributed by atoms with E-state index in [1.165, 1.54) is 17.4 Å². The lowest BCUT2D eigenvalue weighted by Crippen LogP contribution is -2.12. The van der Waals surface area contributed by atoms with Gasteiger partial charge in [-0.25, -0.2) is 18.7 Å². The van der Waals surface area contributed by atoms with Crippen LogP contribution in [0, 0.1) is 18.6 Å². The van der Waals surface area contributed by atoms with Crippen molar-refractivity contribution in [2.75, 3.05) is 5.32 Å². The lowest BCUT2D eigenvalue weighted by atomic mass is 10.2. The lowest BCUT2D eigenvalue weighted by Gasteiger charge is -2.05. The third kappa shape index (κ3) is 3.16. The topological polar surface area (TPSA) is 59.8 Å². The summed E-state index contributed by atoms with van der Waals surface area (Å²) in [5, 5.41) is 4.13. The first-order valence-corrected chi connectivity index (χ1v) is 9.47. The number of aryl methyl sites for hydroxylation is 2. The first-order valence-electron chi connectivity index (χ1n) is 8.66. The first-order chi connectivity index (χ1) is 13.5. The van der Waals surface area contributed by atoms with Crippen molar-refractivity contribution in [2.24, 2.45) is 0 Å². The molecular weight excluding hydrogens is 382 g/mol. The van der Waals surface area contributed by atoms with Crippen LogP contribution in [0.1, 0.15) is 22.3 Å². The lowest BCUT2D eigenvalue weighted by molar-refractivity contribution is 0.102. The average Bonchev–Trinajstić information content (AvgIpc) is 3.24. The van der Waals surface area contributed by atoms with Gasteiger partial charge in [0.2, 0.25) is 0 Å². The summed E-state index contributed by atoms with van der Waals surface area (Å²) < 4.78 is 28.9. The normalized spacial score (nSPS) is 11.1. The van der Waals surface area contributed by atoms with Gasteiger partial charge in [-0.3, -0.25) is 4.79 Å². The minimum atomic E-state index is -0.826. The second kappa shape index (κ2) is 7.12. The van der Waals surface area contributed by atoms with Gasteiger partial charge in [0, 0.05) is 36.0 Å². The van der Waals surface area contributed by atoms with Crippen LogP contribution in [-0.4, -0.2) is 20.4 Å². The summed E-state index contributed by atoms with van der Waals surface area (Å²) in [6.07, 6.45) is 3.71. The van der Waals surface area contributed by atoms with Gasteiger partial charge in [0.05, 0.1) is 11.4 Å². The molecule has 0 fully saturated rings. The number of carbonyl (C=O) groups is 1. The van der Waals surface area contributed by atoms with E-state index in [0.29, 0.717) is 15.6 Å². The Morgan fingerprint density at radius 3 is 2.86 bits per heavy atom. The van der Waals surface area contributed by atoms with E-state index in [2.05, 4.69) is 15.3 Å². The number of amides is 1. The second-order valence-electron chi connectivity index (χ2n) is 6.22. The zero-order valence-corrected chi connectivity index (χ0v) is 16.0. The summed E-state index contributed by atoms with van der Waals surface area (Å²) in [4.78, 5) is 22.0. The van der Waals surface area contributed by atoms with Crippen LogP contribution in [0.25, 0.3) is 21.6 Å². The largest absolute Gasteiger partial charge is 0.332 e. The molecule has 0 saturated carbocycles. The van der Waals surface area contributed by atoms with Crippen molar-refractivity contribution in [3.05, 3.63) is 64.9 Å². The Morgan fingerprint density at radius 2 is 2.11 bits per heavy atom. The molecule has 1 N–H and O–H groups in total. The molecule has 0 radical (unpaired) electrons. The van der Waals surface area contributed by atoms with Crippen molar-refractivity contribution in [1.29, 1.82) is 0 Å². The molecule has 3 aromatic heterocycles. The standard InChI is InChI=1S/C20H16F2N4OS/c1-3-26-10-14(13-5-4-8-23-18(13)26)20-24-11(2)17(28-20)19(27)25-16-7-6-12(21)9-15(16)22/h4-10H,3H2,1-2H3,(H,25,27). The summed E-state index contributed by atoms with van der Waals surface area (Å²) >= 11 is 1.23. The number of thiazole rings is 1. The molecular formula is C20H16F2N4OS. The molecule has 5 nitrogen and oxygen atoms in total. The van der Waals surface area contributed by atoms with Crippen LogP contribution in [0.15, 0.2) is 42.7 Å². The number of rotatable bonds is 4. The van der Waals surface area contributed by atoms with Crippen molar-refractivity contribution in [3.8, 4) is 10.6 Å². The van der Waals surface area contributed by atoms with Crippen LogP contribution in [0.4, 0.5) is 14.5 Å². The van der Waals surface area contributed by atoms with Crippen LogP contribution in [0.2, 0.25) is 0 Å². The van der Waals surface area contributed by atoms with E-state index in [-0.39, 0.29) is 5.69 Å². The Hall–Kier alpha value is -3.13. The predicted octanol–water partition coefficient (Wildman–Crippen LogP) is 5.02. The van der Waals surface area contributed by atoms with E-state index < -0.39 is 17.5 Å². The maximum Gasteiger partial charge on any atom is 0.267 e. The maximum atomic E-state index is 13.8. The van der Waals surface area contributed by atoms with Gasteiger partial charge in [0.25, 0.3) is 5.91 Å². The van der Waals surface area contributed by atoms with Gasteiger partial charge in [0.15, 0.2) is 0 Å². The average molecular weight is 398 g/mol. The summed E-state index contributed by atoms with van der Waals surface area (Å²) in [5.41, 5.74) is 2.21. The van der Waals surface area contributed by atoms with Crippen molar-refractivity contribution < 1.29 is 13.6 Å². The summed E-state index contributed by atoms with van der Waals surface area (Å²) in [5.74, 6) is -2.01. The van der Waals surface area contributed by atoms with E-state index in [0.717, 1.165) is 35.3 Å². The van der Waals surface area contributed by atoms with E-state index in [4.69, 9.17) is 0 Å². The number of pyridine rings is 1. The predicted molar refractivity (Wildman–Crippen MR) is 106 cm³/mol. The van der Waals surface area contributed by atoms with Gasteiger partial charge in [-0.05, 0) is 38.1 Å². The number of fused-ring (bicyclic) bond motifs is 1. The molecule has 28 heavy (non-hydrogen) atoms. The molecule has 1 aromatic carbocycles. The van der Waals surface area contributed by atoms with Crippen LogP contribution in [0.3, 0.4) is 0 Å². The van der Waals surface area contributed by atoms with Gasteiger partial charge in [-0.15, -0.1) is 11.3 Å². The highest BCUT2D eigenvalue weighted by molar-refractivity contribution is 7.17. The molecule has 0 saturated heterocycles. The fraction of sp³-hybridized carbons (Fsp3) is 0.150. The monoisotopic (exact) mass is 398 g/mol. The zero-order valence-electron chi connectivity index (χ0n) is 15.2. The Morgan fingerprint density at radius 1 is 1.29 bits per heavy atom. The number of aromatic nitrogens is 3. The minimum Gasteiger partial charge on any atom is -0.332 e. The van der Waals surface area contributed by atoms with Crippen LogP contribution in [-0.2, 0) is 6.54 Å². The molecule has 0 atom stereocenters. The highest BCUT2D eigenvalue weighted by Gasteiger charge is 2.20. The summed E-state index contributed by atoms with van der Waals surface area (Å²) in [7, 11) is 0. The van der Waals surface area contributed by atoms with Crippen molar-refractivity contribution in [3.63, 3.8) is 0 Å². The number of nitrogens with one attached hydrogen (secondary N) is 1. The highest BCUT2D eigenvalue weighted by atomic mass is 32.1. The van der Waals surface area contributed by atoms with Crippen LogP contribution < -0.4 is 5.32 Å². The quantitative estimate of drug-likeness (QED) is 0.525. The van der Waals surface area contributed by atoms with Gasteiger partial charge < -0.3 is 9.88 Å². The third-order valence-corrected chi connectivity index (χ3v) is 5.58. The fourth-order valence-electron chi connectivity index (χ4n) is 3.03. The Balaban J connectivity index is 1.70. The van der Waals surface area contributed by atoms with E-state index >= 15 is 0 Å². The number of anilines is 1. The van der Waals surface area contributed by atoms with E-state index in [1.54, 1.807) is 13.1 Å². The van der Waals surface area contributed by atoms with Gasteiger partial charge in [-0.1, -0.05) is 0 Å². The molecule has 3 heterocycles. The highest BCUT2D eigenvalue weighted by Crippen LogP contribution is 2.34. The van der Waals surface area contributed by atoms with Gasteiger partial charge in [-0.2, -0.15) is 0 Å². The molecule has 0 unspecified atom stereocenters. The molecule has 0 aliphatic carbocycles. The molecule has 1 amide bonds.